The number of nitrogens with zero attached hydrogens (tertiary/aromatic N) is 1. The van der Waals surface area contributed by atoms with Crippen LogP contribution < -0.4 is 0 Å². The van der Waals surface area contributed by atoms with Crippen molar-refractivity contribution in [2.45, 2.75) is 57.3 Å². The number of rotatable bonds is 3. The molecule has 18 heavy (non-hydrogen) atoms. The summed E-state index contributed by atoms with van der Waals surface area (Å²) in [5.41, 5.74) is 0. The lowest BCUT2D eigenvalue weighted by atomic mass is 9.80. The van der Waals surface area contributed by atoms with Crippen molar-refractivity contribution in [3.8, 4) is 0 Å². The van der Waals surface area contributed by atoms with E-state index >= 15 is 0 Å². The minimum atomic E-state index is -0.975. The molecule has 1 aliphatic heterocycles. The third kappa shape index (κ3) is 3.44. The monoisotopic (exact) mass is 257 g/mol. The standard InChI is InChI=1S/C14H27NO3/c1-2-10-3-5-11(6-4-10)7-15-8-12(16)14(18)13(17)9-15/h10-14,16-18H,2-9H2,1H3/t10?,11?,12-,13+,14?. The molecule has 1 heterocycles. The summed E-state index contributed by atoms with van der Waals surface area (Å²) in [4.78, 5) is 2.11. The van der Waals surface area contributed by atoms with Crippen molar-refractivity contribution >= 4 is 0 Å². The summed E-state index contributed by atoms with van der Waals surface area (Å²) >= 11 is 0. The second-order valence-electron chi connectivity index (χ2n) is 6.14. The van der Waals surface area contributed by atoms with Crippen LogP contribution in [0.1, 0.15) is 39.0 Å². The van der Waals surface area contributed by atoms with Gasteiger partial charge in [0, 0.05) is 19.6 Å². The number of β-amino-alcohol motifs (C(OH)–C–C–N with tert-alkyl or cyclic N) is 2. The van der Waals surface area contributed by atoms with Gasteiger partial charge in [0.1, 0.15) is 6.10 Å². The maximum Gasteiger partial charge on any atom is 0.108 e. The molecule has 4 nitrogen and oxygen atoms in total. The Kier molecular flexibility index (Phi) is 5.01. The lowest BCUT2D eigenvalue weighted by Gasteiger charge is -2.39. The van der Waals surface area contributed by atoms with Crippen molar-refractivity contribution < 1.29 is 15.3 Å². The minimum Gasteiger partial charge on any atom is -0.389 e. The van der Waals surface area contributed by atoms with Crippen LogP contribution in [0.3, 0.4) is 0 Å². The van der Waals surface area contributed by atoms with E-state index in [2.05, 4.69) is 11.8 Å². The molecule has 1 saturated heterocycles. The van der Waals surface area contributed by atoms with E-state index in [1.165, 1.54) is 32.1 Å². The third-order valence-corrected chi connectivity index (χ3v) is 4.74. The van der Waals surface area contributed by atoms with Crippen LogP contribution in [0.15, 0.2) is 0 Å². The highest BCUT2D eigenvalue weighted by Crippen LogP contribution is 2.31. The van der Waals surface area contributed by atoms with Gasteiger partial charge in [0.15, 0.2) is 0 Å². The first kappa shape index (κ1) is 14.3. The summed E-state index contributed by atoms with van der Waals surface area (Å²) in [5.74, 6) is 1.60. The predicted octanol–water partition coefficient (Wildman–Crippen LogP) is 0.601. The van der Waals surface area contributed by atoms with E-state index in [9.17, 15) is 15.3 Å². The first-order chi connectivity index (χ1) is 8.60. The van der Waals surface area contributed by atoms with Gasteiger partial charge in [-0.2, -0.15) is 0 Å². The maximum atomic E-state index is 9.68. The van der Waals surface area contributed by atoms with Crippen molar-refractivity contribution in [1.29, 1.82) is 0 Å². The fourth-order valence-corrected chi connectivity index (χ4v) is 3.41. The van der Waals surface area contributed by atoms with Crippen LogP contribution in [0.2, 0.25) is 0 Å². The predicted molar refractivity (Wildman–Crippen MR) is 70.2 cm³/mol. The van der Waals surface area contributed by atoms with Crippen molar-refractivity contribution in [3.63, 3.8) is 0 Å². The van der Waals surface area contributed by atoms with E-state index in [0.717, 1.165) is 12.5 Å². The first-order valence-corrected chi connectivity index (χ1v) is 7.36. The Labute approximate surface area is 110 Å². The Morgan fingerprint density at radius 1 is 0.889 bits per heavy atom. The number of likely N-dealkylation sites (tertiary alicyclic amines) is 1. The number of aliphatic hydroxyl groups excluding tert-OH is 3. The second kappa shape index (κ2) is 6.33. The number of aliphatic hydroxyl groups is 3. The smallest absolute Gasteiger partial charge is 0.108 e. The largest absolute Gasteiger partial charge is 0.389 e. The molecule has 1 saturated carbocycles. The first-order valence-electron chi connectivity index (χ1n) is 7.36. The average Bonchev–Trinajstić information content (AvgIpc) is 2.37. The Balaban J connectivity index is 1.77. The summed E-state index contributed by atoms with van der Waals surface area (Å²) < 4.78 is 0. The van der Waals surface area contributed by atoms with Crippen molar-refractivity contribution in [2.75, 3.05) is 19.6 Å². The summed E-state index contributed by atoms with van der Waals surface area (Å²) in [6.07, 6.45) is 3.89. The third-order valence-electron chi connectivity index (χ3n) is 4.74. The lowest BCUT2D eigenvalue weighted by Crippen LogP contribution is -2.56. The average molecular weight is 257 g/mol. The molecule has 3 N–H and O–H groups in total. The molecule has 0 bridgehead atoms. The molecule has 106 valence electrons. The molecular formula is C14H27NO3. The number of hydrogen-bond acceptors (Lipinski definition) is 4. The summed E-state index contributed by atoms with van der Waals surface area (Å²) in [5, 5.41) is 28.9. The van der Waals surface area contributed by atoms with Crippen molar-refractivity contribution in [3.05, 3.63) is 0 Å². The molecule has 0 spiro atoms. The molecular weight excluding hydrogens is 230 g/mol. The van der Waals surface area contributed by atoms with E-state index in [1.807, 2.05) is 0 Å². The van der Waals surface area contributed by atoms with Crippen LogP contribution >= 0.6 is 0 Å². The summed E-state index contributed by atoms with van der Waals surface area (Å²) in [7, 11) is 0. The topological polar surface area (TPSA) is 63.9 Å². The van der Waals surface area contributed by atoms with Gasteiger partial charge in [0.2, 0.25) is 0 Å². The maximum absolute atomic E-state index is 9.68. The SMILES string of the molecule is CCC1CCC(CN2C[C@@H](O)C(O)[C@@H](O)C2)CC1. The molecule has 2 rings (SSSR count). The van der Waals surface area contributed by atoms with Gasteiger partial charge < -0.3 is 15.3 Å². The molecule has 3 atom stereocenters. The lowest BCUT2D eigenvalue weighted by molar-refractivity contribution is -0.112. The molecule has 4 heteroatoms. The van der Waals surface area contributed by atoms with E-state index in [1.54, 1.807) is 0 Å². The van der Waals surface area contributed by atoms with Gasteiger partial charge >= 0.3 is 0 Å². The summed E-state index contributed by atoms with van der Waals surface area (Å²) in [6, 6.07) is 0. The van der Waals surface area contributed by atoms with E-state index < -0.39 is 18.3 Å². The molecule has 0 radical (unpaired) electrons. The van der Waals surface area contributed by atoms with E-state index in [4.69, 9.17) is 0 Å². The molecule has 0 aromatic rings. The summed E-state index contributed by atoms with van der Waals surface area (Å²) in [6.45, 7) is 4.21. The zero-order chi connectivity index (χ0) is 13.1. The second-order valence-corrected chi connectivity index (χ2v) is 6.14. The van der Waals surface area contributed by atoms with Crippen molar-refractivity contribution in [2.24, 2.45) is 11.8 Å². The highest BCUT2D eigenvalue weighted by Gasteiger charge is 2.34. The Morgan fingerprint density at radius 2 is 1.39 bits per heavy atom. The number of piperidine rings is 1. The van der Waals surface area contributed by atoms with Gasteiger partial charge in [0.25, 0.3) is 0 Å². The van der Waals surface area contributed by atoms with Crippen LogP contribution in [-0.2, 0) is 0 Å². The highest BCUT2D eigenvalue weighted by molar-refractivity contribution is 4.87. The molecule has 0 aromatic carbocycles. The van der Waals surface area contributed by atoms with Crippen LogP contribution in [0.5, 0.6) is 0 Å². The number of hydrogen-bond donors (Lipinski definition) is 3. The molecule has 2 fully saturated rings. The Morgan fingerprint density at radius 3 is 1.89 bits per heavy atom. The van der Waals surface area contributed by atoms with Gasteiger partial charge in [-0.25, -0.2) is 0 Å². The quantitative estimate of drug-likeness (QED) is 0.693. The molecule has 0 amide bonds. The molecule has 1 unspecified atom stereocenters. The van der Waals surface area contributed by atoms with Crippen LogP contribution in [0.25, 0.3) is 0 Å². The zero-order valence-electron chi connectivity index (χ0n) is 11.3. The highest BCUT2D eigenvalue weighted by atomic mass is 16.4. The Hall–Kier alpha value is -0.160. The van der Waals surface area contributed by atoms with E-state index in [0.29, 0.717) is 19.0 Å². The van der Waals surface area contributed by atoms with Crippen molar-refractivity contribution in [1.82, 2.24) is 4.90 Å². The van der Waals surface area contributed by atoms with Gasteiger partial charge in [0.05, 0.1) is 12.2 Å². The van der Waals surface area contributed by atoms with Crippen LogP contribution in [0.4, 0.5) is 0 Å². The Bertz CT molecular complexity index is 241. The van der Waals surface area contributed by atoms with Gasteiger partial charge in [-0.3, -0.25) is 4.90 Å². The molecule has 2 aliphatic rings. The fourth-order valence-electron chi connectivity index (χ4n) is 3.41. The fraction of sp³-hybridized carbons (Fsp3) is 1.00. The molecule has 0 aromatic heterocycles. The van der Waals surface area contributed by atoms with Gasteiger partial charge in [-0.05, 0) is 24.7 Å². The van der Waals surface area contributed by atoms with Crippen LogP contribution in [0, 0.1) is 11.8 Å². The minimum absolute atomic E-state index is 0.492. The van der Waals surface area contributed by atoms with Gasteiger partial charge in [-0.15, -0.1) is 0 Å². The van der Waals surface area contributed by atoms with Crippen LogP contribution in [-0.4, -0.2) is 58.2 Å². The normalized spacial score (nSPS) is 43.0. The van der Waals surface area contributed by atoms with E-state index in [-0.39, 0.29) is 0 Å². The zero-order valence-corrected chi connectivity index (χ0v) is 11.3. The molecule has 1 aliphatic carbocycles. The van der Waals surface area contributed by atoms with Gasteiger partial charge in [-0.1, -0.05) is 26.2 Å².